The molecule has 0 aliphatic carbocycles. The number of nitrogens with zero attached hydrogens (tertiary/aromatic N) is 2. The van der Waals surface area contributed by atoms with E-state index in [4.69, 9.17) is 0 Å². The first-order valence-corrected chi connectivity index (χ1v) is 7.75. The summed E-state index contributed by atoms with van der Waals surface area (Å²) in [6.45, 7) is 2.50. The first-order chi connectivity index (χ1) is 11.2. The summed E-state index contributed by atoms with van der Waals surface area (Å²) >= 11 is 0. The van der Waals surface area contributed by atoms with Gasteiger partial charge in [-0.05, 0) is 23.8 Å². The van der Waals surface area contributed by atoms with Crippen LogP contribution in [-0.2, 0) is 4.79 Å². The van der Waals surface area contributed by atoms with Crippen LogP contribution in [0.4, 0.5) is 10.1 Å². The summed E-state index contributed by atoms with van der Waals surface area (Å²) in [5.41, 5.74) is 1.62. The minimum Gasteiger partial charge on any atom is -0.366 e. The molecule has 2 aromatic carbocycles. The molecule has 0 N–H and O–H groups in total. The van der Waals surface area contributed by atoms with Gasteiger partial charge in [-0.1, -0.05) is 42.5 Å². The van der Waals surface area contributed by atoms with Crippen molar-refractivity contribution in [1.29, 1.82) is 0 Å². The van der Waals surface area contributed by atoms with Gasteiger partial charge in [0.05, 0.1) is 5.69 Å². The Balaban J connectivity index is 1.57. The van der Waals surface area contributed by atoms with Crippen LogP contribution < -0.4 is 4.90 Å². The number of rotatable bonds is 3. The molecule has 0 radical (unpaired) electrons. The van der Waals surface area contributed by atoms with Gasteiger partial charge in [0.25, 0.3) is 0 Å². The van der Waals surface area contributed by atoms with E-state index in [9.17, 15) is 9.18 Å². The molecule has 0 spiro atoms. The number of hydrogen-bond acceptors (Lipinski definition) is 2. The Morgan fingerprint density at radius 3 is 2.26 bits per heavy atom. The fourth-order valence-corrected chi connectivity index (χ4v) is 2.71. The van der Waals surface area contributed by atoms with E-state index in [0.29, 0.717) is 31.9 Å². The van der Waals surface area contributed by atoms with Gasteiger partial charge in [-0.25, -0.2) is 4.39 Å². The third-order valence-corrected chi connectivity index (χ3v) is 4.00. The number of hydrogen-bond donors (Lipinski definition) is 0. The number of piperazine rings is 1. The Hall–Kier alpha value is -2.62. The molecule has 0 unspecified atom stereocenters. The average molecular weight is 310 g/mol. The van der Waals surface area contributed by atoms with Crippen molar-refractivity contribution in [2.24, 2.45) is 0 Å². The molecule has 0 atom stereocenters. The molecular weight excluding hydrogens is 291 g/mol. The van der Waals surface area contributed by atoms with Crippen molar-refractivity contribution in [3.05, 3.63) is 72.1 Å². The van der Waals surface area contributed by atoms with E-state index < -0.39 is 0 Å². The second-order valence-corrected chi connectivity index (χ2v) is 5.51. The predicted octanol–water partition coefficient (Wildman–Crippen LogP) is 3.19. The van der Waals surface area contributed by atoms with Crippen LogP contribution in [0.5, 0.6) is 0 Å². The number of para-hydroxylation sites is 1. The minimum absolute atomic E-state index is 0.00189. The third-order valence-electron chi connectivity index (χ3n) is 4.00. The fraction of sp³-hybridized carbons (Fsp3) is 0.211. The van der Waals surface area contributed by atoms with Gasteiger partial charge in [0.2, 0.25) is 5.91 Å². The van der Waals surface area contributed by atoms with Gasteiger partial charge in [-0.15, -0.1) is 0 Å². The van der Waals surface area contributed by atoms with Crippen molar-refractivity contribution >= 4 is 17.7 Å². The van der Waals surface area contributed by atoms with Crippen molar-refractivity contribution in [3.8, 4) is 0 Å². The molecule has 3 rings (SSSR count). The second kappa shape index (κ2) is 7.09. The standard InChI is InChI=1S/C19H19FN2O/c20-17-8-4-5-9-18(17)21-12-14-22(15-13-21)19(23)11-10-16-6-2-1-3-7-16/h1-11H,12-15H2. The summed E-state index contributed by atoms with van der Waals surface area (Å²) in [6, 6.07) is 16.5. The highest BCUT2D eigenvalue weighted by molar-refractivity contribution is 5.91. The van der Waals surface area contributed by atoms with Gasteiger partial charge < -0.3 is 9.80 Å². The number of carbonyl (C=O) groups excluding carboxylic acids is 1. The highest BCUT2D eigenvalue weighted by Gasteiger charge is 2.21. The highest BCUT2D eigenvalue weighted by Crippen LogP contribution is 2.20. The first-order valence-electron chi connectivity index (χ1n) is 7.75. The molecule has 118 valence electrons. The zero-order valence-electron chi connectivity index (χ0n) is 12.9. The molecule has 1 saturated heterocycles. The Kier molecular flexibility index (Phi) is 4.71. The van der Waals surface area contributed by atoms with E-state index in [1.807, 2.05) is 47.4 Å². The van der Waals surface area contributed by atoms with E-state index in [-0.39, 0.29) is 11.7 Å². The summed E-state index contributed by atoms with van der Waals surface area (Å²) in [4.78, 5) is 16.0. The van der Waals surface area contributed by atoms with Crippen molar-refractivity contribution in [1.82, 2.24) is 4.90 Å². The number of benzene rings is 2. The Labute approximate surface area is 135 Å². The van der Waals surface area contributed by atoms with E-state index in [2.05, 4.69) is 0 Å². The lowest BCUT2D eigenvalue weighted by atomic mass is 10.2. The lowest BCUT2D eigenvalue weighted by Gasteiger charge is -2.35. The molecule has 23 heavy (non-hydrogen) atoms. The highest BCUT2D eigenvalue weighted by atomic mass is 19.1. The SMILES string of the molecule is O=C(C=Cc1ccccc1)N1CCN(c2ccccc2F)CC1. The van der Waals surface area contributed by atoms with Gasteiger partial charge in [-0.2, -0.15) is 0 Å². The van der Waals surface area contributed by atoms with E-state index in [0.717, 1.165) is 5.56 Å². The van der Waals surface area contributed by atoms with E-state index >= 15 is 0 Å². The van der Waals surface area contributed by atoms with E-state index in [1.54, 1.807) is 23.1 Å². The Morgan fingerprint density at radius 2 is 1.57 bits per heavy atom. The summed E-state index contributed by atoms with van der Waals surface area (Å²) in [6.07, 6.45) is 3.43. The number of amides is 1. The normalized spacial score (nSPS) is 15.2. The van der Waals surface area contributed by atoms with Gasteiger partial charge in [-0.3, -0.25) is 4.79 Å². The van der Waals surface area contributed by atoms with Crippen LogP contribution in [0.1, 0.15) is 5.56 Å². The monoisotopic (exact) mass is 310 g/mol. The van der Waals surface area contributed by atoms with Gasteiger partial charge in [0, 0.05) is 32.3 Å². The second-order valence-electron chi connectivity index (χ2n) is 5.51. The van der Waals surface area contributed by atoms with Crippen molar-refractivity contribution in [3.63, 3.8) is 0 Å². The Morgan fingerprint density at radius 1 is 0.913 bits per heavy atom. The number of halogens is 1. The lowest BCUT2D eigenvalue weighted by molar-refractivity contribution is -0.126. The van der Waals surface area contributed by atoms with Crippen LogP contribution in [0.25, 0.3) is 6.08 Å². The van der Waals surface area contributed by atoms with E-state index in [1.165, 1.54) is 6.07 Å². The van der Waals surface area contributed by atoms with Crippen LogP contribution in [0.3, 0.4) is 0 Å². The average Bonchev–Trinajstić information content (AvgIpc) is 2.61. The van der Waals surface area contributed by atoms with Crippen LogP contribution in [-0.4, -0.2) is 37.0 Å². The molecule has 2 aromatic rings. The molecule has 1 aliphatic rings. The summed E-state index contributed by atoms with van der Waals surface area (Å²) in [7, 11) is 0. The minimum atomic E-state index is -0.212. The molecule has 3 nitrogen and oxygen atoms in total. The Bertz CT molecular complexity index is 692. The van der Waals surface area contributed by atoms with Crippen molar-refractivity contribution < 1.29 is 9.18 Å². The maximum Gasteiger partial charge on any atom is 0.246 e. The summed E-state index contributed by atoms with van der Waals surface area (Å²) in [5.74, 6) is -0.210. The van der Waals surface area contributed by atoms with Crippen LogP contribution in [0, 0.1) is 5.82 Å². The van der Waals surface area contributed by atoms with Gasteiger partial charge >= 0.3 is 0 Å². The first kappa shape index (κ1) is 15.3. The zero-order chi connectivity index (χ0) is 16.1. The third kappa shape index (κ3) is 3.77. The summed E-state index contributed by atoms with van der Waals surface area (Å²) < 4.78 is 13.8. The summed E-state index contributed by atoms with van der Waals surface area (Å²) in [5, 5.41) is 0. The van der Waals surface area contributed by atoms with Crippen molar-refractivity contribution in [2.45, 2.75) is 0 Å². The maximum absolute atomic E-state index is 13.8. The molecule has 4 heteroatoms. The quantitative estimate of drug-likeness (QED) is 0.813. The smallest absolute Gasteiger partial charge is 0.246 e. The zero-order valence-corrected chi connectivity index (χ0v) is 12.9. The van der Waals surface area contributed by atoms with Crippen LogP contribution in [0.2, 0.25) is 0 Å². The molecule has 0 saturated carbocycles. The van der Waals surface area contributed by atoms with Crippen LogP contribution in [0.15, 0.2) is 60.7 Å². The molecule has 1 amide bonds. The topological polar surface area (TPSA) is 23.6 Å². The van der Waals surface area contributed by atoms with Crippen molar-refractivity contribution in [2.75, 3.05) is 31.1 Å². The maximum atomic E-state index is 13.8. The fourth-order valence-electron chi connectivity index (χ4n) is 2.71. The molecule has 1 heterocycles. The molecule has 0 bridgehead atoms. The largest absolute Gasteiger partial charge is 0.366 e. The van der Waals surface area contributed by atoms with Gasteiger partial charge in [0.1, 0.15) is 5.82 Å². The number of anilines is 1. The molecule has 1 fully saturated rings. The molecule has 1 aliphatic heterocycles. The molecule has 0 aromatic heterocycles. The van der Waals surface area contributed by atoms with Gasteiger partial charge in [0.15, 0.2) is 0 Å². The number of carbonyl (C=O) groups is 1. The lowest BCUT2D eigenvalue weighted by Crippen LogP contribution is -2.48. The molecular formula is C19H19FN2O. The predicted molar refractivity (Wildman–Crippen MR) is 90.7 cm³/mol. The van der Waals surface area contributed by atoms with Crippen LogP contribution >= 0.6 is 0 Å².